The van der Waals surface area contributed by atoms with Gasteiger partial charge in [0.15, 0.2) is 0 Å². The molecule has 1 atom stereocenters. The van der Waals surface area contributed by atoms with Gasteiger partial charge in [0.25, 0.3) is 5.91 Å². The number of benzene rings is 1. The molecule has 0 aromatic heterocycles. The molecule has 2 N–H and O–H groups in total. The van der Waals surface area contributed by atoms with E-state index < -0.39 is 6.04 Å². The lowest BCUT2D eigenvalue weighted by molar-refractivity contribution is -0.123. The summed E-state index contributed by atoms with van der Waals surface area (Å²) in [4.78, 5) is 24.6. The Morgan fingerprint density at radius 3 is 2.48 bits per heavy atom. The third kappa shape index (κ3) is 4.59. The Kier molecular flexibility index (Phi) is 4.99. The molecule has 1 fully saturated rings. The monoisotopic (exact) mass is 288 g/mol. The molecule has 0 bridgehead atoms. The van der Waals surface area contributed by atoms with E-state index in [2.05, 4.69) is 24.5 Å². The van der Waals surface area contributed by atoms with Crippen molar-refractivity contribution in [1.29, 1.82) is 0 Å². The maximum atomic E-state index is 12.4. The van der Waals surface area contributed by atoms with Gasteiger partial charge in [0.2, 0.25) is 5.91 Å². The molecular formula is C17H24N2O2. The Hall–Kier alpha value is -1.84. The van der Waals surface area contributed by atoms with Crippen molar-refractivity contribution in [3.63, 3.8) is 0 Å². The first-order chi connectivity index (χ1) is 9.97. The summed E-state index contributed by atoms with van der Waals surface area (Å²) in [6.45, 7) is 6.01. The molecule has 2 amide bonds. The first-order valence-electron chi connectivity index (χ1n) is 7.64. The molecule has 0 radical (unpaired) electrons. The first-order valence-corrected chi connectivity index (χ1v) is 7.64. The van der Waals surface area contributed by atoms with Gasteiger partial charge in [-0.15, -0.1) is 0 Å². The summed E-state index contributed by atoms with van der Waals surface area (Å²) in [5.41, 5.74) is 1.55. The summed E-state index contributed by atoms with van der Waals surface area (Å²) >= 11 is 0. The van der Waals surface area contributed by atoms with Gasteiger partial charge in [-0.1, -0.05) is 32.0 Å². The minimum Gasteiger partial charge on any atom is -0.352 e. The van der Waals surface area contributed by atoms with Crippen molar-refractivity contribution >= 4 is 11.8 Å². The quantitative estimate of drug-likeness (QED) is 0.844. The van der Waals surface area contributed by atoms with Crippen LogP contribution in [-0.2, 0) is 4.79 Å². The molecule has 1 saturated carbocycles. The van der Waals surface area contributed by atoms with E-state index >= 15 is 0 Å². The smallest absolute Gasteiger partial charge is 0.252 e. The highest BCUT2D eigenvalue weighted by Crippen LogP contribution is 2.19. The Morgan fingerprint density at radius 2 is 1.90 bits per heavy atom. The molecule has 1 aliphatic carbocycles. The largest absolute Gasteiger partial charge is 0.352 e. The van der Waals surface area contributed by atoms with E-state index in [1.165, 1.54) is 0 Å². The average Bonchev–Trinajstić information content (AvgIpc) is 3.21. The van der Waals surface area contributed by atoms with E-state index in [4.69, 9.17) is 0 Å². The third-order valence-electron chi connectivity index (χ3n) is 3.64. The normalized spacial score (nSPS) is 15.6. The maximum Gasteiger partial charge on any atom is 0.252 e. The SMILES string of the molecule is Cc1ccccc1C(=O)N[C@H](CC(C)C)C(=O)NC1CC1. The number of aryl methyl sites for hydroxylation is 1. The van der Waals surface area contributed by atoms with Crippen LogP contribution in [0.15, 0.2) is 24.3 Å². The Labute approximate surface area is 126 Å². The predicted molar refractivity (Wildman–Crippen MR) is 83.1 cm³/mol. The van der Waals surface area contributed by atoms with Crippen LogP contribution < -0.4 is 10.6 Å². The lowest BCUT2D eigenvalue weighted by atomic mass is 10.0. The molecule has 21 heavy (non-hydrogen) atoms. The van der Waals surface area contributed by atoms with Crippen molar-refractivity contribution in [1.82, 2.24) is 10.6 Å². The van der Waals surface area contributed by atoms with E-state index in [0.717, 1.165) is 18.4 Å². The molecule has 0 spiro atoms. The Bertz CT molecular complexity index is 521. The standard InChI is InChI=1S/C17H24N2O2/c1-11(2)10-15(17(21)18-13-8-9-13)19-16(20)14-7-5-4-6-12(14)3/h4-7,11,13,15H,8-10H2,1-3H3,(H,18,21)(H,19,20)/t15-/m1/s1. The molecule has 0 unspecified atom stereocenters. The van der Waals surface area contributed by atoms with Crippen LogP contribution >= 0.6 is 0 Å². The number of carbonyl (C=O) groups is 2. The van der Waals surface area contributed by atoms with Gasteiger partial charge in [-0.05, 0) is 43.7 Å². The molecule has 0 saturated heterocycles. The van der Waals surface area contributed by atoms with Gasteiger partial charge < -0.3 is 10.6 Å². The van der Waals surface area contributed by atoms with E-state index in [9.17, 15) is 9.59 Å². The third-order valence-corrected chi connectivity index (χ3v) is 3.64. The summed E-state index contributed by atoms with van der Waals surface area (Å²) in [6, 6.07) is 7.27. The zero-order valence-electron chi connectivity index (χ0n) is 13.0. The number of rotatable bonds is 6. The van der Waals surface area contributed by atoms with Gasteiger partial charge >= 0.3 is 0 Å². The molecule has 114 valence electrons. The lowest BCUT2D eigenvalue weighted by Crippen LogP contribution is -2.48. The summed E-state index contributed by atoms with van der Waals surface area (Å²) in [7, 11) is 0. The highest BCUT2D eigenvalue weighted by Gasteiger charge is 2.29. The summed E-state index contributed by atoms with van der Waals surface area (Å²) < 4.78 is 0. The fourth-order valence-corrected chi connectivity index (χ4v) is 2.30. The van der Waals surface area contributed by atoms with Crippen LogP contribution in [-0.4, -0.2) is 23.9 Å². The summed E-state index contributed by atoms with van der Waals surface area (Å²) in [5, 5.41) is 5.86. The number of carbonyl (C=O) groups excluding carboxylic acids is 2. The summed E-state index contributed by atoms with van der Waals surface area (Å²) in [5.74, 6) is 0.106. The number of hydrogen-bond donors (Lipinski definition) is 2. The van der Waals surface area contributed by atoms with Crippen molar-refractivity contribution in [2.45, 2.75) is 52.1 Å². The zero-order chi connectivity index (χ0) is 15.4. The van der Waals surface area contributed by atoms with E-state index in [1.807, 2.05) is 25.1 Å². The molecule has 1 aromatic rings. The van der Waals surface area contributed by atoms with Crippen molar-refractivity contribution in [2.24, 2.45) is 5.92 Å². The second kappa shape index (κ2) is 6.74. The van der Waals surface area contributed by atoms with Gasteiger partial charge in [-0.2, -0.15) is 0 Å². The number of hydrogen-bond acceptors (Lipinski definition) is 2. The topological polar surface area (TPSA) is 58.2 Å². The van der Waals surface area contributed by atoms with Gasteiger partial charge in [0.1, 0.15) is 6.04 Å². The maximum absolute atomic E-state index is 12.4. The molecule has 1 aromatic carbocycles. The minimum atomic E-state index is -0.460. The highest BCUT2D eigenvalue weighted by atomic mass is 16.2. The molecular weight excluding hydrogens is 264 g/mol. The second-order valence-corrected chi connectivity index (χ2v) is 6.25. The predicted octanol–water partition coefficient (Wildman–Crippen LogP) is 2.42. The molecule has 0 aliphatic heterocycles. The van der Waals surface area contributed by atoms with Crippen molar-refractivity contribution in [2.75, 3.05) is 0 Å². The molecule has 1 aliphatic rings. The van der Waals surface area contributed by atoms with Crippen LogP contribution in [0, 0.1) is 12.8 Å². The highest BCUT2D eigenvalue weighted by molar-refractivity contribution is 5.98. The van der Waals surface area contributed by atoms with Crippen molar-refractivity contribution in [3.8, 4) is 0 Å². The first kappa shape index (κ1) is 15.5. The zero-order valence-corrected chi connectivity index (χ0v) is 13.0. The van der Waals surface area contributed by atoms with Crippen LogP contribution in [0.4, 0.5) is 0 Å². The van der Waals surface area contributed by atoms with Gasteiger partial charge in [0.05, 0.1) is 0 Å². The fourth-order valence-electron chi connectivity index (χ4n) is 2.30. The average molecular weight is 288 g/mol. The molecule has 2 rings (SSSR count). The minimum absolute atomic E-state index is 0.0619. The Morgan fingerprint density at radius 1 is 1.24 bits per heavy atom. The van der Waals surface area contributed by atoms with E-state index in [1.54, 1.807) is 6.07 Å². The van der Waals surface area contributed by atoms with Crippen LogP contribution in [0.3, 0.4) is 0 Å². The molecule has 4 heteroatoms. The number of amides is 2. The number of nitrogens with one attached hydrogen (secondary N) is 2. The van der Waals surface area contributed by atoms with Crippen molar-refractivity contribution < 1.29 is 9.59 Å². The summed E-state index contributed by atoms with van der Waals surface area (Å²) in [6.07, 6.45) is 2.74. The molecule has 4 nitrogen and oxygen atoms in total. The van der Waals surface area contributed by atoms with Crippen LogP contribution in [0.25, 0.3) is 0 Å². The van der Waals surface area contributed by atoms with E-state index in [0.29, 0.717) is 23.9 Å². The Balaban J connectivity index is 2.04. The van der Waals surface area contributed by atoms with Gasteiger partial charge in [-0.3, -0.25) is 9.59 Å². The lowest BCUT2D eigenvalue weighted by Gasteiger charge is -2.20. The fraction of sp³-hybridized carbons (Fsp3) is 0.529. The van der Waals surface area contributed by atoms with Crippen LogP contribution in [0.5, 0.6) is 0 Å². The van der Waals surface area contributed by atoms with Crippen molar-refractivity contribution in [3.05, 3.63) is 35.4 Å². The van der Waals surface area contributed by atoms with E-state index in [-0.39, 0.29) is 11.8 Å². The van der Waals surface area contributed by atoms with Crippen LogP contribution in [0.2, 0.25) is 0 Å². The van der Waals surface area contributed by atoms with Gasteiger partial charge in [-0.25, -0.2) is 0 Å². The van der Waals surface area contributed by atoms with Crippen LogP contribution in [0.1, 0.15) is 49.0 Å². The second-order valence-electron chi connectivity index (χ2n) is 6.25. The molecule has 0 heterocycles. The van der Waals surface area contributed by atoms with Gasteiger partial charge in [0, 0.05) is 11.6 Å².